The van der Waals surface area contributed by atoms with Gasteiger partial charge in [0.1, 0.15) is 39.9 Å². The summed E-state index contributed by atoms with van der Waals surface area (Å²) < 4.78 is 89.5. The molecular weight excluding hydrogens is 2200 g/mol. The van der Waals surface area contributed by atoms with Gasteiger partial charge in [0.05, 0.1) is 143 Å². The van der Waals surface area contributed by atoms with Crippen molar-refractivity contribution in [2.24, 2.45) is 0 Å². The number of benzene rings is 8. The first kappa shape index (κ1) is 119. The Kier molecular flexibility index (Phi) is 57.0. The third-order valence-corrected chi connectivity index (χ3v) is 22.2. The van der Waals surface area contributed by atoms with E-state index in [-0.39, 0.29) is 212 Å². The zero-order chi connectivity index (χ0) is 92.4. The first-order chi connectivity index (χ1) is 62.3. The number of pyridine rings is 4. The molecule has 0 spiro atoms. The summed E-state index contributed by atoms with van der Waals surface area (Å²) in [5.41, 5.74) is 12.8. The number of hydrogen-bond acceptors (Lipinski definition) is 26. The van der Waals surface area contributed by atoms with Crippen LogP contribution in [0.4, 0.5) is 17.1 Å². The number of phenols is 2. The number of ether oxygens (including phenoxy) is 9. The number of aromatic hydroxyl groups is 2. The van der Waals surface area contributed by atoms with Crippen molar-refractivity contribution in [3.05, 3.63) is 234 Å². The summed E-state index contributed by atoms with van der Waals surface area (Å²) in [6, 6.07) is 69.4. The molecule has 8 aromatic carbocycles. The quantitative estimate of drug-likeness (QED) is 0.00919. The molecule has 36 heteroatoms. The number of morpholine rings is 3. The molecular formula is C97H120B2Br3Cl2Cs2N7O19S. The maximum absolute atomic E-state index is 11.8. The fourth-order valence-corrected chi connectivity index (χ4v) is 14.2. The number of carbonyl (C=O) groups is 1. The zero-order valence-electron chi connectivity index (χ0n) is 76.8. The number of carbonyl (C=O) groups excluding carboxylic acids is 1. The number of aryl methyl sites for hydroxylation is 1. The van der Waals surface area contributed by atoms with E-state index in [0.29, 0.717) is 56.6 Å². The number of hydrogen-bond donors (Lipinski definition) is 2. The maximum Gasteiger partial charge on any atom is 1.00 e. The van der Waals surface area contributed by atoms with Crippen LogP contribution in [-0.2, 0) is 66.5 Å². The molecule has 2 N–H and O–H groups in total. The van der Waals surface area contributed by atoms with E-state index >= 15 is 0 Å². The Labute approximate surface area is 938 Å². The maximum atomic E-state index is 11.8. The molecule has 0 amide bonds. The Morgan fingerprint density at radius 2 is 0.812 bits per heavy atom. The van der Waals surface area contributed by atoms with E-state index < -0.39 is 10.1 Å². The topological polar surface area (TPSA) is 296 Å². The van der Waals surface area contributed by atoms with Crippen LogP contribution in [0.5, 0.6) is 23.0 Å². The summed E-state index contributed by atoms with van der Waals surface area (Å²) in [6.45, 7) is 29.6. The van der Waals surface area contributed by atoms with Gasteiger partial charge in [0.15, 0.2) is 0 Å². The molecule has 133 heavy (non-hydrogen) atoms. The van der Waals surface area contributed by atoms with Crippen LogP contribution in [-0.4, -0.2) is 219 Å². The number of fused-ring (bicyclic) bond motifs is 4. The Bertz CT molecular complexity index is 5440. The first-order valence-electron chi connectivity index (χ1n) is 42.3. The molecule has 12 aromatic rings. The van der Waals surface area contributed by atoms with Crippen molar-refractivity contribution in [3.8, 4) is 45.5 Å². The number of anilines is 3. The molecule has 4 aromatic heterocycles. The monoisotopic (exact) mass is 2310 g/mol. The first-order valence-corrected chi connectivity index (χ1v) is 47.2. The van der Waals surface area contributed by atoms with Gasteiger partial charge in [-0.1, -0.05) is 118 Å². The second-order valence-corrected chi connectivity index (χ2v) is 39.1. The van der Waals surface area contributed by atoms with E-state index in [1.54, 1.807) is 61.7 Å². The Hall–Kier alpha value is -4.77. The molecule has 16 rings (SSSR count). The number of nitrogens with zero attached hydrogens (tertiary/aromatic N) is 7. The Morgan fingerprint density at radius 3 is 1.20 bits per heavy atom. The number of aromatic nitrogens is 4. The average Bonchev–Trinajstić information content (AvgIpc) is 1.62. The van der Waals surface area contributed by atoms with Crippen LogP contribution in [0.1, 0.15) is 76.2 Å². The van der Waals surface area contributed by atoms with Crippen molar-refractivity contribution in [2.45, 2.75) is 92.3 Å². The van der Waals surface area contributed by atoms with Crippen molar-refractivity contribution >= 4 is 164 Å². The number of phenolic OH excluding ortho intramolecular Hbond substituents is 2. The third kappa shape index (κ3) is 41.1. The minimum Gasteiger partial charge on any atom is -1.00 e. The van der Waals surface area contributed by atoms with E-state index in [9.17, 15) is 13.5 Å². The smallest absolute Gasteiger partial charge is 1.00 e. The van der Waals surface area contributed by atoms with Crippen molar-refractivity contribution in [1.29, 1.82) is 0 Å². The van der Waals surface area contributed by atoms with Crippen LogP contribution in [0, 0.1) is 6.92 Å². The van der Waals surface area contributed by atoms with Crippen molar-refractivity contribution in [1.82, 2.24) is 19.9 Å². The van der Waals surface area contributed by atoms with Gasteiger partial charge in [0, 0.05) is 102 Å². The minimum absolute atomic E-state index is 0. The van der Waals surface area contributed by atoms with Gasteiger partial charge in [-0.2, -0.15) is 8.42 Å². The van der Waals surface area contributed by atoms with Crippen molar-refractivity contribution < 1.29 is 229 Å². The standard InChI is InChI=1S/C26H32N2O4.C19H18N2O2.C16H24BNO3.C14H22O5S.C10H8ClNO.C9H6ClNO.CH2O3.2CH4.BBr3.2Cs.H/c1-2-13-29-16-17-31-18-19-32-24-8-10-26-22(20-24)5-9-25(27-26)21-3-6-23(7-4-21)28-11-14-30-15-12-28;22-17-6-8-19-15(13-17)3-7-18(20-19)14-1-4-16(5-2-14)21-9-11-23-12-10-21;1-15(2)16(3,4)21-17(20-15)13-5-7-14(8-6-13)18-9-11-19-12-10-18;1-3-8-17-9-10-18-11-12-19-20(15,16)14-6-4-13(2)5-7-14;1-13-8-3-4-9-7(6-8)2-5-10(11)12-9;10-9-4-1-6-5-7(12)2-3-8(6)11-9;2-1-4-3;;;2-1(3)4;;;/h3-10,20H,2,11-19H2,1H3;1-8,13,22H,9-12H2;5-8H,9-12H2,1-4H3;4-7H,3,8-12H2,1-2H3;2-6H,1H3;1-5,12H;1,3H;2*1H4;;;;/q;;;;;;;;;;2*+1;-1/p-1. The molecule has 0 aliphatic carbocycles. The molecule has 0 bridgehead atoms. The van der Waals surface area contributed by atoms with Crippen LogP contribution >= 0.6 is 70.5 Å². The summed E-state index contributed by atoms with van der Waals surface area (Å²) in [7, 11) is -2.33. The van der Waals surface area contributed by atoms with Crippen molar-refractivity contribution in [3.63, 3.8) is 0 Å². The van der Waals surface area contributed by atoms with Crippen LogP contribution in [0.15, 0.2) is 223 Å². The summed E-state index contributed by atoms with van der Waals surface area (Å²) in [6.07, 6.45) is 2.00. The average molecular weight is 2320 g/mol. The fourth-order valence-electron chi connectivity index (χ4n) is 13.0. The van der Waals surface area contributed by atoms with Gasteiger partial charge in [0.2, 0.25) is 0 Å². The molecule has 8 heterocycles. The Morgan fingerprint density at radius 1 is 0.474 bits per heavy atom. The van der Waals surface area contributed by atoms with E-state index in [4.69, 9.17) is 99.5 Å². The van der Waals surface area contributed by atoms with Gasteiger partial charge >= 0.3 is 148 Å². The van der Waals surface area contributed by atoms with Crippen LogP contribution in [0.25, 0.3) is 66.1 Å². The van der Waals surface area contributed by atoms with Gasteiger partial charge in [-0.05, 0) is 211 Å². The van der Waals surface area contributed by atoms with E-state index in [1.807, 2.05) is 80.6 Å². The predicted molar refractivity (Wildman–Crippen MR) is 537 cm³/mol. The van der Waals surface area contributed by atoms with Crippen molar-refractivity contribution in [2.75, 3.05) is 167 Å². The summed E-state index contributed by atoms with van der Waals surface area (Å²) >= 11 is 20.7. The molecule has 4 aliphatic rings. The van der Waals surface area contributed by atoms with Crippen LogP contribution in [0.3, 0.4) is 0 Å². The number of rotatable bonds is 27. The minimum atomic E-state index is -3.69. The molecule has 0 unspecified atom stereocenters. The predicted octanol–water partition coefficient (Wildman–Crippen LogP) is 13.4. The molecule has 4 saturated heterocycles. The number of methoxy groups -OCH3 is 1. The normalized spacial score (nSPS) is 13.9. The zero-order valence-corrected chi connectivity index (χ0v) is 95.4. The summed E-state index contributed by atoms with van der Waals surface area (Å²) in [4.78, 5) is 36.2. The second kappa shape index (κ2) is 63.8. The van der Waals surface area contributed by atoms with Gasteiger partial charge in [-0.3, -0.25) is 8.98 Å². The molecule has 4 aliphatic heterocycles. The molecule has 0 atom stereocenters. The van der Waals surface area contributed by atoms with Gasteiger partial charge in [0.25, 0.3) is 16.6 Å². The fraction of sp³-hybridized carbons (Fsp3) is 0.371. The number of halogens is 5. The molecule has 706 valence electrons. The summed E-state index contributed by atoms with van der Waals surface area (Å²) in [5, 5.41) is 32.0. The Balaban J connectivity index is 0.000000336. The molecule has 0 saturated carbocycles. The molecule has 26 nitrogen and oxygen atoms in total. The molecule has 0 radical (unpaired) electrons. The van der Waals surface area contributed by atoms with Crippen LogP contribution in [0.2, 0.25) is 10.3 Å². The van der Waals surface area contributed by atoms with Gasteiger partial charge in [-0.15, -0.1) is 47.3 Å². The van der Waals surface area contributed by atoms with E-state index in [1.165, 1.54) is 29.2 Å². The summed E-state index contributed by atoms with van der Waals surface area (Å²) in [5.74, 6) is 2.16. The van der Waals surface area contributed by atoms with Gasteiger partial charge < -0.3 is 88.4 Å². The van der Waals surface area contributed by atoms with Crippen LogP contribution < -0.4 is 173 Å². The van der Waals surface area contributed by atoms with Gasteiger partial charge in [-0.25, -0.2) is 19.9 Å². The van der Waals surface area contributed by atoms with E-state index in [2.05, 4.69) is 201 Å². The SMILES string of the molecule is BrB(Br)Br.C.C.CC1(C)OB(c2ccc(N3CCOCC3)cc2)OC1(C)C.CCCOCCOCCOS(=O)(=O)c1ccc(C)cc1.CCCOCCOCCOc1ccc2nc(-c3ccc(N4CCOCC4)cc3)ccc2c1.COc1ccc2nc(Cl)ccc2c1.O=CO[O-].Oc1ccc2nc(-c3ccc(N4CCOCC4)cc3)ccc2c1.Oc1ccc2nc(Cl)ccc2c1.[Cs+].[Cs+].[H-]. The molecule has 4 fully saturated rings. The van der Waals surface area contributed by atoms with E-state index in [0.717, 1.165) is 187 Å². The second-order valence-electron chi connectivity index (χ2n) is 30.2. The largest absolute Gasteiger partial charge is 1.00 e. The third-order valence-electron chi connectivity index (χ3n) is 20.5.